The highest BCUT2D eigenvalue weighted by molar-refractivity contribution is 4.97. The van der Waals surface area contributed by atoms with E-state index in [4.69, 9.17) is 10.2 Å². The van der Waals surface area contributed by atoms with Crippen LogP contribution in [0.5, 0.6) is 0 Å². The number of halogens is 2. The molecule has 0 radical (unpaired) electrons. The molecular formula is C6H10F2O4. The van der Waals surface area contributed by atoms with Gasteiger partial charge in [-0.05, 0) is 0 Å². The van der Waals surface area contributed by atoms with Crippen molar-refractivity contribution in [3.8, 4) is 0 Å². The largest absolute Gasteiger partial charge is 0.370 e. The van der Waals surface area contributed by atoms with E-state index < -0.39 is 25.3 Å². The summed E-state index contributed by atoms with van der Waals surface area (Å²) in [7, 11) is 0. The van der Waals surface area contributed by atoms with Gasteiger partial charge in [-0.2, -0.15) is 0 Å². The molecule has 0 heterocycles. The summed E-state index contributed by atoms with van der Waals surface area (Å²) in [6.07, 6.45) is -0.381. The predicted octanol–water partition coefficient (Wildman–Crippen LogP) is 0.0446. The van der Waals surface area contributed by atoms with E-state index in [1.807, 2.05) is 0 Å². The molecule has 1 rings (SSSR count). The van der Waals surface area contributed by atoms with Crippen molar-refractivity contribution >= 4 is 0 Å². The summed E-state index contributed by atoms with van der Waals surface area (Å²) >= 11 is 0. The van der Waals surface area contributed by atoms with Gasteiger partial charge in [0.1, 0.15) is 13.6 Å². The fourth-order valence-electron chi connectivity index (χ4n) is 1.08. The Bertz CT molecular complexity index is 150. The lowest BCUT2D eigenvalue weighted by Gasteiger charge is -2.45. The van der Waals surface area contributed by atoms with Crippen LogP contribution in [0, 0.1) is 0 Å². The van der Waals surface area contributed by atoms with Crippen LogP contribution in [0.25, 0.3) is 0 Å². The fourth-order valence-corrected chi connectivity index (χ4v) is 1.08. The van der Waals surface area contributed by atoms with Gasteiger partial charge in [-0.3, -0.25) is 0 Å². The fraction of sp³-hybridized carbons (Fsp3) is 1.00. The van der Waals surface area contributed by atoms with E-state index in [0.717, 1.165) is 0 Å². The van der Waals surface area contributed by atoms with Crippen LogP contribution >= 0.6 is 0 Å². The Balaban J connectivity index is 2.55. The molecule has 0 saturated heterocycles. The van der Waals surface area contributed by atoms with Gasteiger partial charge >= 0.3 is 0 Å². The highest BCUT2D eigenvalue weighted by Crippen LogP contribution is 2.50. The summed E-state index contributed by atoms with van der Waals surface area (Å²) in [6.45, 7) is -1.84. The van der Waals surface area contributed by atoms with E-state index >= 15 is 0 Å². The second kappa shape index (κ2) is 3.21. The van der Waals surface area contributed by atoms with E-state index in [0.29, 0.717) is 0 Å². The van der Waals surface area contributed by atoms with E-state index in [1.165, 1.54) is 0 Å². The van der Waals surface area contributed by atoms with Gasteiger partial charge in [-0.15, -0.1) is 0 Å². The summed E-state index contributed by atoms with van der Waals surface area (Å²) < 4.78 is 34.5. The topological polar surface area (TPSA) is 58.9 Å². The van der Waals surface area contributed by atoms with Gasteiger partial charge in [0.15, 0.2) is 0 Å². The van der Waals surface area contributed by atoms with E-state index in [9.17, 15) is 8.78 Å². The molecule has 0 aromatic heterocycles. The average Bonchev–Trinajstić information content (AvgIpc) is 2.03. The first-order chi connectivity index (χ1) is 5.58. The molecule has 2 N–H and O–H groups in total. The number of alkyl halides is 2. The first-order valence-electron chi connectivity index (χ1n) is 3.45. The standard InChI is InChI=1S/C6H10F2O4/c7-5(11-3-9)1-2-6(5,8)12-4-10/h9-10H,1-4H2. The Hall–Kier alpha value is -0.300. The van der Waals surface area contributed by atoms with Gasteiger partial charge in [0.05, 0.1) is 0 Å². The Morgan fingerprint density at radius 3 is 1.50 bits per heavy atom. The molecule has 0 amide bonds. The molecule has 2 unspecified atom stereocenters. The molecule has 0 aromatic carbocycles. The zero-order chi connectivity index (χ0) is 9.24. The van der Waals surface area contributed by atoms with Gasteiger partial charge in [0, 0.05) is 12.8 Å². The average molecular weight is 184 g/mol. The van der Waals surface area contributed by atoms with E-state index in [-0.39, 0.29) is 12.8 Å². The highest BCUT2D eigenvalue weighted by Gasteiger charge is 2.64. The van der Waals surface area contributed by atoms with Crippen LogP contribution < -0.4 is 0 Å². The molecular weight excluding hydrogens is 174 g/mol. The van der Waals surface area contributed by atoms with E-state index in [2.05, 4.69) is 9.47 Å². The van der Waals surface area contributed by atoms with Crippen LogP contribution in [0.3, 0.4) is 0 Å². The van der Waals surface area contributed by atoms with Crippen molar-refractivity contribution in [2.45, 2.75) is 24.6 Å². The minimum atomic E-state index is -2.62. The molecule has 2 atom stereocenters. The Labute approximate surface area is 67.7 Å². The van der Waals surface area contributed by atoms with Crippen LogP contribution in [0.15, 0.2) is 0 Å². The quantitative estimate of drug-likeness (QED) is 0.606. The summed E-state index contributed by atoms with van der Waals surface area (Å²) in [5.74, 6) is -5.24. The SMILES string of the molecule is OCOC1(F)CCC1(F)OCO. The molecule has 6 heteroatoms. The summed E-state index contributed by atoms with van der Waals surface area (Å²) in [5.41, 5.74) is 0. The molecule has 0 spiro atoms. The molecule has 72 valence electrons. The Kier molecular flexibility index (Phi) is 2.62. The molecule has 1 saturated carbocycles. The van der Waals surface area contributed by atoms with Gasteiger partial charge in [-0.1, -0.05) is 0 Å². The van der Waals surface area contributed by atoms with Crippen molar-refractivity contribution in [2.75, 3.05) is 13.6 Å². The highest BCUT2D eigenvalue weighted by atomic mass is 19.2. The van der Waals surface area contributed by atoms with Crippen LogP contribution in [0.1, 0.15) is 12.8 Å². The summed E-state index contributed by atoms with van der Waals surface area (Å²) in [6, 6.07) is 0. The molecule has 4 nitrogen and oxygen atoms in total. The van der Waals surface area contributed by atoms with Crippen LogP contribution in [-0.2, 0) is 9.47 Å². The van der Waals surface area contributed by atoms with Gasteiger partial charge in [-0.25, -0.2) is 8.78 Å². The van der Waals surface area contributed by atoms with Gasteiger partial charge in [0.25, 0.3) is 11.7 Å². The number of aliphatic hydroxyl groups excluding tert-OH is 2. The zero-order valence-corrected chi connectivity index (χ0v) is 6.30. The number of aliphatic hydroxyl groups is 2. The Morgan fingerprint density at radius 1 is 1.00 bits per heavy atom. The molecule has 1 aliphatic carbocycles. The van der Waals surface area contributed by atoms with Crippen molar-refractivity contribution in [1.82, 2.24) is 0 Å². The lowest BCUT2D eigenvalue weighted by molar-refractivity contribution is -0.400. The first-order valence-corrected chi connectivity index (χ1v) is 3.45. The van der Waals surface area contributed by atoms with Crippen molar-refractivity contribution in [3.63, 3.8) is 0 Å². The van der Waals surface area contributed by atoms with Crippen molar-refractivity contribution in [2.24, 2.45) is 0 Å². The second-order valence-corrected chi connectivity index (χ2v) is 2.50. The third-order valence-corrected chi connectivity index (χ3v) is 1.91. The second-order valence-electron chi connectivity index (χ2n) is 2.50. The van der Waals surface area contributed by atoms with Crippen molar-refractivity contribution in [1.29, 1.82) is 0 Å². The number of hydrogen-bond donors (Lipinski definition) is 2. The molecule has 12 heavy (non-hydrogen) atoms. The van der Waals surface area contributed by atoms with Crippen molar-refractivity contribution < 1.29 is 28.5 Å². The minimum absolute atomic E-state index is 0.190. The van der Waals surface area contributed by atoms with Gasteiger partial charge < -0.3 is 19.7 Å². The molecule has 0 bridgehead atoms. The normalized spacial score (nSPS) is 41.0. The molecule has 0 aromatic rings. The monoisotopic (exact) mass is 184 g/mol. The van der Waals surface area contributed by atoms with E-state index in [1.54, 1.807) is 0 Å². The van der Waals surface area contributed by atoms with Crippen LogP contribution in [0.4, 0.5) is 8.78 Å². The maximum absolute atomic E-state index is 13.1. The summed E-state index contributed by atoms with van der Waals surface area (Å²) in [5, 5.41) is 16.4. The molecule has 1 aliphatic rings. The minimum Gasteiger partial charge on any atom is -0.370 e. The smallest absolute Gasteiger partial charge is 0.270 e. The zero-order valence-electron chi connectivity index (χ0n) is 6.30. The summed E-state index contributed by atoms with van der Waals surface area (Å²) in [4.78, 5) is 0. The predicted molar refractivity (Wildman–Crippen MR) is 33.3 cm³/mol. The Morgan fingerprint density at radius 2 is 1.33 bits per heavy atom. The third-order valence-electron chi connectivity index (χ3n) is 1.91. The van der Waals surface area contributed by atoms with Crippen LogP contribution in [0.2, 0.25) is 0 Å². The maximum Gasteiger partial charge on any atom is 0.270 e. The first kappa shape index (κ1) is 9.79. The van der Waals surface area contributed by atoms with Crippen LogP contribution in [-0.4, -0.2) is 35.5 Å². The lowest BCUT2D eigenvalue weighted by atomic mass is 9.86. The molecule has 1 fully saturated rings. The molecule has 0 aliphatic heterocycles. The third kappa shape index (κ3) is 1.31. The van der Waals surface area contributed by atoms with Crippen molar-refractivity contribution in [3.05, 3.63) is 0 Å². The lowest BCUT2D eigenvalue weighted by Crippen LogP contribution is -2.60. The number of ether oxygens (including phenoxy) is 2. The number of hydrogen-bond acceptors (Lipinski definition) is 4. The number of rotatable bonds is 4. The maximum atomic E-state index is 13.1. The van der Waals surface area contributed by atoms with Gasteiger partial charge in [0.2, 0.25) is 0 Å².